The second-order valence-electron chi connectivity index (χ2n) is 8.34. The van der Waals surface area contributed by atoms with Gasteiger partial charge in [-0.15, -0.1) is 0 Å². The van der Waals surface area contributed by atoms with Crippen LogP contribution in [-0.4, -0.2) is 66.6 Å². The number of hydrogen-bond acceptors (Lipinski definition) is 7. The molecule has 3 atom stereocenters. The van der Waals surface area contributed by atoms with Gasteiger partial charge in [0.05, 0.1) is 23.5 Å². The highest BCUT2D eigenvalue weighted by atomic mass is 16.5. The minimum absolute atomic E-state index is 0.0346. The summed E-state index contributed by atoms with van der Waals surface area (Å²) >= 11 is 0. The molecule has 1 amide bonds. The first-order chi connectivity index (χ1) is 15.4. The monoisotopic (exact) mass is 437 g/mol. The van der Waals surface area contributed by atoms with Crippen molar-refractivity contribution < 1.29 is 9.53 Å². The summed E-state index contributed by atoms with van der Waals surface area (Å²) in [4.78, 5) is 33.3. The molecule has 0 saturated carbocycles. The van der Waals surface area contributed by atoms with Crippen LogP contribution in [-0.2, 0) is 16.1 Å². The van der Waals surface area contributed by atoms with Crippen LogP contribution in [0.1, 0.15) is 39.9 Å². The highest BCUT2D eigenvalue weighted by Gasteiger charge is 2.30. The second kappa shape index (κ2) is 9.20. The number of carbonyl (C=O) groups excluding carboxylic acids is 1. The molecule has 3 aromatic rings. The third kappa shape index (κ3) is 4.29. The van der Waals surface area contributed by atoms with Crippen LogP contribution >= 0.6 is 0 Å². The predicted octanol–water partition coefficient (Wildman–Crippen LogP) is 3.04. The predicted molar refractivity (Wildman–Crippen MR) is 123 cm³/mol. The van der Waals surface area contributed by atoms with Crippen molar-refractivity contribution in [2.45, 2.75) is 65.8 Å². The van der Waals surface area contributed by atoms with E-state index in [1.165, 1.54) is 0 Å². The Hall–Kier alpha value is -3.07. The summed E-state index contributed by atoms with van der Waals surface area (Å²) < 4.78 is 7.83. The van der Waals surface area contributed by atoms with Crippen LogP contribution in [0.4, 0.5) is 5.69 Å². The van der Waals surface area contributed by atoms with Gasteiger partial charge in [0.15, 0.2) is 5.65 Å². The van der Waals surface area contributed by atoms with E-state index in [1.807, 2.05) is 43.2 Å². The van der Waals surface area contributed by atoms with Crippen molar-refractivity contribution in [2.24, 2.45) is 0 Å². The topological polar surface area (TPSA) is 98.1 Å². The zero-order valence-electron chi connectivity index (χ0n) is 19.4. The highest BCUT2D eigenvalue weighted by Crippen LogP contribution is 2.28. The quantitative estimate of drug-likeness (QED) is 0.633. The van der Waals surface area contributed by atoms with Gasteiger partial charge in [0.1, 0.15) is 23.2 Å². The van der Waals surface area contributed by atoms with E-state index in [4.69, 9.17) is 9.72 Å². The molecule has 1 aliphatic rings. The molecular formula is C23H31N7O2. The SMILES string of the molecule is CC[C@H](Nc1ccnc2c1nc(-c1cnc(C)nc1)n2CC)C(=O)N1C[C@@H](C)O[C@@H](C)C1. The number of fused-ring (bicyclic) bond motifs is 1. The summed E-state index contributed by atoms with van der Waals surface area (Å²) in [5, 5.41) is 3.44. The molecule has 0 aliphatic carbocycles. The Kier molecular flexibility index (Phi) is 6.36. The van der Waals surface area contributed by atoms with Gasteiger partial charge in [-0.25, -0.2) is 19.9 Å². The zero-order valence-corrected chi connectivity index (χ0v) is 19.4. The van der Waals surface area contributed by atoms with Crippen molar-refractivity contribution in [3.63, 3.8) is 0 Å². The van der Waals surface area contributed by atoms with Crippen LogP contribution in [0.5, 0.6) is 0 Å². The molecule has 170 valence electrons. The molecule has 0 aromatic carbocycles. The number of nitrogens with one attached hydrogen (secondary N) is 1. The van der Waals surface area contributed by atoms with Crippen LogP contribution in [0.2, 0.25) is 0 Å². The minimum atomic E-state index is -0.351. The lowest BCUT2D eigenvalue weighted by Gasteiger charge is -2.37. The third-order valence-corrected chi connectivity index (χ3v) is 5.76. The van der Waals surface area contributed by atoms with E-state index in [1.54, 1.807) is 18.6 Å². The van der Waals surface area contributed by atoms with E-state index in [9.17, 15) is 4.79 Å². The highest BCUT2D eigenvalue weighted by molar-refractivity contribution is 5.92. The van der Waals surface area contributed by atoms with E-state index in [0.29, 0.717) is 31.9 Å². The lowest BCUT2D eigenvalue weighted by atomic mass is 10.1. The van der Waals surface area contributed by atoms with Gasteiger partial charge < -0.3 is 19.5 Å². The standard InChI is InChI=1S/C23H31N7O2/c1-6-18(23(31)29-12-14(3)32-15(4)13-29)27-19-8-9-24-22-20(19)28-21(30(22)7-2)17-10-25-16(5)26-11-17/h8-11,14-15,18H,6-7,12-13H2,1-5H3,(H,24,27)/t14-,15+,18-/m0/s1. The average molecular weight is 438 g/mol. The first kappa shape index (κ1) is 22.1. The number of amides is 1. The normalized spacial score (nSPS) is 19.8. The number of pyridine rings is 1. The number of anilines is 1. The van der Waals surface area contributed by atoms with Crippen molar-refractivity contribution in [3.05, 3.63) is 30.5 Å². The number of ether oxygens (including phenoxy) is 1. The molecular weight excluding hydrogens is 406 g/mol. The van der Waals surface area contributed by atoms with Gasteiger partial charge >= 0.3 is 0 Å². The third-order valence-electron chi connectivity index (χ3n) is 5.76. The number of morpholine rings is 1. The van der Waals surface area contributed by atoms with E-state index in [-0.39, 0.29) is 24.2 Å². The van der Waals surface area contributed by atoms with E-state index in [2.05, 4.69) is 27.2 Å². The van der Waals surface area contributed by atoms with Gasteiger partial charge in [0.2, 0.25) is 5.91 Å². The van der Waals surface area contributed by atoms with Crippen molar-refractivity contribution in [1.29, 1.82) is 0 Å². The molecule has 4 rings (SSSR count). The molecule has 3 aromatic heterocycles. The van der Waals surface area contributed by atoms with Crippen LogP contribution in [0.3, 0.4) is 0 Å². The number of rotatable bonds is 6. The fraction of sp³-hybridized carbons (Fsp3) is 0.522. The fourth-order valence-corrected chi connectivity index (χ4v) is 4.27. The number of aryl methyl sites for hydroxylation is 2. The maximum Gasteiger partial charge on any atom is 0.245 e. The summed E-state index contributed by atoms with van der Waals surface area (Å²) in [6.45, 7) is 11.9. The Labute approximate surface area is 188 Å². The fourth-order valence-electron chi connectivity index (χ4n) is 4.27. The lowest BCUT2D eigenvalue weighted by molar-refractivity contribution is -0.144. The Morgan fingerprint density at radius 2 is 1.88 bits per heavy atom. The number of aromatic nitrogens is 5. The summed E-state index contributed by atoms with van der Waals surface area (Å²) in [5.41, 5.74) is 3.13. The maximum atomic E-state index is 13.3. The minimum Gasteiger partial charge on any atom is -0.372 e. The smallest absolute Gasteiger partial charge is 0.245 e. The molecule has 9 heteroatoms. The molecule has 9 nitrogen and oxygen atoms in total. The number of carbonyl (C=O) groups is 1. The van der Waals surface area contributed by atoms with Crippen molar-refractivity contribution >= 4 is 22.8 Å². The Morgan fingerprint density at radius 1 is 1.19 bits per heavy atom. The van der Waals surface area contributed by atoms with Crippen molar-refractivity contribution in [3.8, 4) is 11.4 Å². The molecule has 0 bridgehead atoms. The Morgan fingerprint density at radius 3 is 2.50 bits per heavy atom. The number of hydrogen-bond donors (Lipinski definition) is 1. The molecule has 4 heterocycles. The maximum absolute atomic E-state index is 13.3. The zero-order chi connectivity index (χ0) is 22.8. The van der Waals surface area contributed by atoms with Gasteiger partial charge in [-0.2, -0.15) is 0 Å². The molecule has 1 saturated heterocycles. The van der Waals surface area contributed by atoms with Gasteiger partial charge in [-0.1, -0.05) is 6.92 Å². The first-order valence-corrected chi connectivity index (χ1v) is 11.3. The van der Waals surface area contributed by atoms with Crippen molar-refractivity contribution in [2.75, 3.05) is 18.4 Å². The Bertz CT molecular complexity index is 1090. The van der Waals surface area contributed by atoms with Crippen LogP contribution in [0.15, 0.2) is 24.7 Å². The molecule has 1 N–H and O–H groups in total. The van der Waals surface area contributed by atoms with Gasteiger partial charge in [0, 0.05) is 38.2 Å². The summed E-state index contributed by atoms with van der Waals surface area (Å²) in [5.74, 6) is 1.56. The second-order valence-corrected chi connectivity index (χ2v) is 8.34. The Balaban J connectivity index is 1.66. The largest absolute Gasteiger partial charge is 0.372 e. The average Bonchev–Trinajstić information content (AvgIpc) is 3.16. The number of imidazole rings is 1. The van der Waals surface area contributed by atoms with Gasteiger partial charge in [-0.3, -0.25) is 4.79 Å². The van der Waals surface area contributed by atoms with Crippen LogP contribution in [0, 0.1) is 6.92 Å². The van der Waals surface area contributed by atoms with Crippen LogP contribution in [0.25, 0.3) is 22.6 Å². The summed E-state index contributed by atoms with van der Waals surface area (Å²) in [6.07, 6.45) is 6.05. The number of nitrogens with zero attached hydrogens (tertiary/aromatic N) is 6. The molecule has 0 radical (unpaired) electrons. The molecule has 0 spiro atoms. The van der Waals surface area contributed by atoms with Gasteiger partial charge in [-0.05, 0) is 40.2 Å². The summed E-state index contributed by atoms with van der Waals surface area (Å²) in [7, 11) is 0. The summed E-state index contributed by atoms with van der Waals surface area (Å²) in [6, 6.07) is 1.53. The molecule has 0 unspecified atom stereocenters. The molecule has 1 aliphatic heterocycles. The van der Waals surface area contributed by atoms with Crippen molar-refractivity contribution in [1.82, 2.24) is 29.4 Å². The molecule has 1 fully saturated rings. The van der Waals surface area contributed by atoms with E-state index in [0.717, 1.165) is 28.2 Å². The van der Waals surface area contributed by atoms with Gasteiger partial charge in [0.25, 0.3) is 0 Å². The molecule has 32 heavy (non-hydrogen) atoms. The first-order valence-electron chi connectivity index (χ1n) is 11.3. The van der Waals surface area contributed by atoms with E-state index >= 15 is 0 Å². The lowest BCUT2D eigenvalue weighted by Crippen LogP contribution is -2.52. The van der Waals surface area contributed by atoms with E-state index < -0.39 is 0 Å². The van der Waals surface area contributed by atoms with Crippen LogP contribution < -0.4 is 5.32 Å².